The molecule has 0 aliphatic rings. The summed E-state index contributed by atoms with van der Waals surface area (Å²) in [6.07, 6.45) is 1.86. The molecule has 0 fully saturated rings. The van der Waals surface area contributed by atoms with Crippen molar-refractivity contribution in [2.75, 3.05) is 0 Å². The Balaban J connectivity index is 0.000000129. The number of aldehydes is 2. The summed E-state index contributed by atoms with van der Waals surface area (Å²) < 4.78 is 0. The Morgan fingerprint density at radius 1 is 0.382 bits per heavy atom. The Hall–Kier alpha value is -4.56. The lowest BCUT2D eigenvalue weighted by Crippen LogP contribution is -1.87. The van der Waals surface area contributed by atoms with E-state index < -0.39 is 0 Å². The molecule has 7 aromatic rings. The van der Waals surface area contributed by atoms with Crippen LogP contribution in [0, 0.1) is 0 Å². The molecule has 0 radical (unpaired) electrons. The second kappa shape index (κ2) is 8.09. The third-order valence-electron chi connectivity index (χ3n) is 6.62. The fraction of sp³-hybridized carbons (Fsp3) is 0. The summed E-state index contributed by atoms with van der Waals surface area (Å²) in [7, 11) is 0. The zero-order valence-corrected chi connectivity index (χ0v) is 18.4. The average Bonchev–Trinajstić information content (AvgIpc) is 2.91. The number of fused-ring (bicyclic) bond motifs is 3. The third-order valence-corrected chi connectivity index (χ3v) is 6.62. The van der Waals surface area contributed by atoms with Crippen LogP contribution in [-0.4, -0.2) is 12.6 Å². The molecule has 7 rings (SSSR count). The lowest BCUT2D eigenvalue weighted by molar-refractivity contribution is 0.111. The van der Waals surface area contributed by atoms with Crippen LogP contribution in [0.15, 0.2) is 109 Å². The van der Waals surface area contributed by atoms with E-state index in [0.29, 0.717) is 0 Å². The SMILES string of the molecule is O=Cc1cc2ccccc2c2ccccc12.O=Cc1ccc2ccc3cccc4ccc1c2c34. The van der Waals surface area contributed by atoms with E-state index in [1.165, 1.54) is 32.3 Å². The number of rotatable bonds is 2. The highest BCUT2D eigenvalue weighted by Gasteiger charge is 2.09. The van der Waals surface area contributed by atoms with Crippen molar-refractivity contribution in [2.45, 2.75) is 0 Å². The average molecular weight is 437 g/mol. The van der Waals surface area contributed by atoms with Crippen molar-refractivity contribution in [3.63, 3.8) is 0 Å². The van der Waals surface area contributed by atoms with Crippen molar-refractivity contribution in [3.05, 3.63) is 120 Å². The van der Waals surface area contributed by atoms with Gasteiger partial charge in [-0.2, -0.15) is 0 Å². The lowest BCUT2D eigenvalue weighted by atomic mass is 9.92. The maximum atomic E-state index is 11.2. The van der Waals surface area contributed by atoms with E-state index in [-0.39, 0.29) is 0 Å². The molecule has 7 aromatic carbocycles. The van der Waals surface area contributed by atoms with Crippen molar-refractivity contribution >= 4 is 66.4 Å². The molecule has 0 atom stereocenters. The molecule has 0 saturated carbocycles. The first-order valence-corrected chi connectivity index (χ1v) is 11.3. The molecular weight excluding hydrogens is 416 g/mol. The second-order valence-electron chi connectivity index (χ2n) is 8.48. The van der Waals surface area contributed by atoms with Gasteiger partial charge in [0.05, 0.1) is 0 Å². The largest absolute Gasteiger partial charge is 0.298 e. The van der Waals surface area contributed by atoms with E-state index in [9.17, 15) is 9.59 Å². The van der Waals surface area contributed by atoms with Gasteiger partial charge in [-0.25, -0.2) is 0 Å². The van der Waals surface area contributed by atoms with E-state index in [1.54, 1.807) is 0 Å². The molecule has 0 aliphatic carbocycles. The molecule has 0 saturated heterocycles. The highest BCUT2D eigenvalue weighted by Crippen LogP contribution is 2.35. The van der Waals surface area contributed by atoms with Crippen LogP contribution in [0.25, 0.3) is 53.9 Å². The highest BCUT2D eigenvalue weighted by atomic mass is 16.1. The predicted molar refractivity (Wildman–Crippen MR) is 142 cm³/mol. The third kappa shape index (κ3) is 3.12. The summed E-state index contributed by atoms with van der Waals surface area (Å²) in [5.41, 5.74) is 1.52. The van der Waals surface area contributed by atoms with E-state index in [0.717, 1.165) is 45.2 Å². The van der Waals surface area contributed by atoms with Gasteiger partial charge in [-0.05, 0) is 59.9 Å². The summed E-state index contributed by atoms with van der Waals surface area (Å²) in [4.78, 5) is 22.2. The maximum Gasteiger partial charge on any atom is 0.150 e. The van der Waals surface area contributed by atoms with Crippen LogP contribution in [0.1, 0.15) is 20.7 Å². The van der Waals surface area contributed by atoms with Crippen LogP contribution in [0.3, 0.4) is 0 Å². The molecule has 0 bridgehead atoms. The quantitative estimate of drug-likeness (QED) is 0.202. The van der Waals surface area contributed by atoms with Crippen LogP contribution >= 0.6 is 0 Å². The topological polar surface area (TPSA) is 34.1 Å². The van der Waals surface area contributed by atoms with Gasteiger partial charge in [0.15, 0.2) is 12.6 Å². The summed E-state index contributed by atoms with van der Waals surface area (Å²) in [5, 5.41) is 11.6. The van der Waals surface area contributed by atoms with Gasteiger partial charge in [-0.1, -0.05) is 103 Å². The van der Waals surface area contributed by atoms with Gasteiger partial charge >= 0.3 is 0 Å². The first-order valence-electron chi connectivity index (χ1n) is 11.3. The van der Waals surface area contributed by atoms with E-state index in [2.05, 4.69) is 48.5 Å². The summed E-state index contributed by atoms with van der Waals surface area (Å²) in [5.74, 6) is 0. The molecular formula is C32H20O2. The van der Waals surface area contributed by atoms with E-state index >= 15 is 0 Å². The van der Waals surface area contributed by atoms with Gasteiger partial charge in [-0.3, -0.25) is 9.59 Å². The van der Waals surface area contributed by atoms with Crippen molar-refractivity contribution in [1.82, 2.24) is 0 Å². The van der Waals surface area contributed by atoms with Crippen molar-refractivity contribution in [1.29, 1.82) is 0 Å². The van der Waals surface area contributed by atoms with Crippen LogP contribution in [-0.2, 0) is 0 Å². The molecule has 0 amide bonds. The van der Waals surface area contributed by atoms with Crippen LogP contribution < -0.4 is 0 Å². The Labute approximate surface area is 196 Å². The van der Waals surface area contributed by atoms with Gasteiger partial charge in [0, 0.05) is 11.1 Å². The minimum atomic E-state index is 0.759. The van der Waals surface area contributed by atoms with E-state index in [1.807, 2.05) is 60.7 Å². The molecule has 2 heteroatoms. The summed E-state index contributed by atoms with van der Waals surface area (Å²) in [6, 6.07) is 36.8. The minimum absolute atomic E-state index is 0.759. The number of carbonyl (C=O) groups is 2. The predicted octanol–water partition coefficient (Wildman–Crippen LogP) is 8.20. The van der Waals surface area contributed by atoms with Crippen molar-refractivity contribution in [3.8, 4) is 0 Å². The number of carbonyl (C=O) groups excluding carboxylic acids is 2. The fourth-order valence-corrected chi connectivity index (χ4v) is 5.04. The Bertz CT molecular complexity index is 1830. The van der Waals surface area contributed by atoms with Gasteiger partial charge in [0.2, 0.25) is 0 Å². The fourth-order valence-electron chi connectivity index (χ4n) is 5.04. The molecule has 0 unspecified atom stereocenters. The lowest BCUT2D eigenvalue weighted by Gasteiger charge is -2.11. The molecule has 0 heterocycles. The van der Waals surface area contributed by atoms with Crippen LogP contribution in [0.4, 0.5) is 0 Å². The van der Waals surface area contributed by atoms with Crippen LogP contribution in [0.5, 0.6) is 0 Å². The molecule has 2 nitrogen and oxygen atoms in total. The zero-order valence-electron chi connectivity index (χ0n) is 18.4. The van der Waals surface area contributed by atoms with Gasteiger partial charge < -0.3 is 0 Å². The van der Waals surface area contributed by atoms with Crippen molar-refractivity contribution < 1.29 is 9.59 Å². The summed E-state index contributed by atoms with van der Waals surface area (Å²) >= 11 is 0. The first kappa shape index (κ1) is 20.1. The standard InChI is InChI=1S/C17H10O.C15H10O/c18-10-14-7-6-13-5-4-11-2-1-3-12-8-9-15(14)17(13)16(11)12;16-10-12-9-11-5-1-2-6-13(11)15-8-4-3-7-14(12)15/h1-10H;1-10H. The van der Waals surface area contributed by atoms with E-state index in [4.69, 9.17) is 0 Å². The van der Waals surface area contributed by atoms with Crippen LogP contribution in [0.2, 0.25) is 0 Å². The number of benzene rings is 7. The zero-order chi connectivity index (χ0) is 23.1. The van der Waals surface area contributed by atoms with Gasteiger partial charge in [0.1, 0.15) is 0 Å². The molecule has 0 N–H and O–H groups in total. The first-order chi connectivity index (χ1) is 16.8. The Kier molecular flexibility index (Phi) is 4.78. The Morgan fingerprint density at radius 2 is 0.941 bits per heavy atom. The smallest absolute Gasteiger partial charge is 0.150 e. The monoisotopic (exact) mass is 436 g/mol. The minimum Gasteiger partial charge on any atom is -0.298 e. The van der Waals surface area contributed by atoms with Gasteiger partial charge in [0.25, 0.3) is 0 Å². The molecule has 160 valence electrons. The Morgan fingerprint density at radius 3 is 1.68 bits per heavy atom. The molecule has 0 aliphatic heterocycles. The maximum absolute atomic E-state index is 11.2. The summed E-state index contributed by atoms with van der Waals surface area (Å²) in [6.45, 7) is 0. The second-order valence-corrected chi connectivity index (χ2v) is 8.48. The van der Waals surface area contributed by atoms with Gasteiger partial charge in [-0.15, -0.1) is 0 Å². The normalized spacial score (nSPS) is 11.2. The molecule has 34 heavy (non-hydrogen) atoms. The molecule has 0 spiro atoms. The number of hydrogen-bond donors (Lipinski definition) is 0. The molecule has 0 aromatic heterocycles. The van der Waals surface area contributed by atoms with Crippen molar-refractivity contribution in [2.24, 2.45) is 0 Å². The number of hydrogen-bond acceptors (Lipinski definition) is 2. The highest BCUT2D eigenvalue weighted by molar-refractivity contribution is 6.25.